The molecule has 3 unspecified atom stereocenters. The Morgan fingerprint density at radius 1 is 1.44 bits per heavy atom. The van der Waals surface area contributed by atoms with E-state index in [1.54, 1.807) is 6.92 Å². The van der Waals surface area contributed by atoms with Gasteiger partial charge < -0.3 is 9.84 Å². The highest BCUT2D eigenvalue weighted by molar-refractivity contribution is 5.76. The zero-order valence-electron chi connectivity index (χ0n) is 11.6. The molecule has 0 aromatic heterocycles. The van der Waals surface area contributed by atoms with Crippen molar-refractivity contribution >= 4 is 5.97 Å². The molecule has 3 atom stereocenters. The second-order valence-electron chi connectivity index (χ2n) is 5.65. The first-order valence-electron chi connectivity index (χ1n) is 6.93. The summed E-state index contributed by atoms with van der Waals surface area (Å²) in [7, 11) is 0. The number of esters is 1. The zero-order chi connectivity index (χ0) is 13.8. The summed E-state index contributed by atoms with van der Waals surface area (Å²) in [6.45, 7) is 6.07. The lowest BCUT2D eigenvalue weighted by atomic mass is 9.86. The summed E-state index contributed by atoms with van der Waals surface area (Å²) in [5.74, 6) is 0.115. The molecule has 1 aliphatic rings. The van der Waals surface area contributed by atoms with Crippen molar-refractivity contribution in [2.45, 2.75) is 64.6 Å². The standard InChI is InChI=1S/C14H25FO3/c1-4-18-13(16)12(15)14(17)8-5-6-11(7-9-14)10(2)3/h10-12,17H,4-9H2,1-3H3. The molecular weight excluding hydrogens is 235 g/mol. The van der Waals surface area contributed by atoms with E-state index in [4.69, 9.17) is 0 Å². The number of rotatable bonds is 4. The van der Waals surface area contributed by atoms with Gasteiger partial charge in [0, 0.05) is 0 Å². The van der Waals surface area contributed by atoms with Gasteiger partial charge in [-0.15, -0.1) is 0 Å². The van der Waals surface area contributed by atoms with Crippen LogP contribution in [0.25, 0.3) is 0 Å². The van der Waals surface area contributed by atoms with Crippen molar-refractivity contribution in [1.29, 1.82) is 0 Å². The van der Waals surface area contributed by atoms with E-state index >= 15 is 0 Å². The third kappa shape index (κ3) is 3.67. The molecule has 0 aliphatic heterocycles. The van der Waals surface area contributed by atoms with Gasteiger partial charge in [-0.1, -0.05) is 26.7 Å². The van der Waals surface area contributed by atoms with Gasteiger partial charge in [-0.05, 0) is 38.0 Å². The molecule has 0 aromatic carbocycles. The lowest BCUT2D eigenvalue weighted by Gasteiger charge is -2.29. The van der Waals surface area contributed by atoms with Crippen molar-refractivity contribution in [3.05, 3.63) is 0 Å². The maximum atomic E-state index is 14.0. The highest BCUT2D eigenvalue weighted by Gasteiger charge is 2.44. The number of carbonyl (C=O) groups is 1. The average molecular weight is 260 g/mol. The van der Waals surface area contributed by atoms with E-state index in [1.165, 1.54) is 0 Å². The van der Waals surface area contributed by atoms with Crippen LogP contribution in [0.2, 0.25) is 0 Å². The van der Waals surface area contributed by atoms with Crippen LogP contribution in [0.3, 0.4) is 0 Å². The Kier molecular flexibility index (Phi) is 5.57. The molecule has 0 saturated heterocycles. The Balaban J connectivity index is 2.66. The Hall–Kier alpha value is -0.640. The van der Waals surface area contributed by atoms with Gasteiger partial charge in [0.2, 0.25) is 6.17 Å². The molecule has 4 heteroatoms. The van der Waals surface area contributed by atoms with Gasteiger partial charge in [-0.3, -0.25) is 0 Å². The summed E-state index contributed by atoms with van der Waals surface area (Å²) in [6, 6.07) is 0. The lowest BCUT2D eigenvalue weighted by molar-refractivity contribution is -0.161. The fourth-order valence-electron chi connectivity index (χ4n) is 2.73. The van der Waals surface area contributed by atoms with E-state index in [-0.39, 0.29) is 6.61 Å². The zero-order valence-corrected chi connectivity index (χ0v) is 11.6. The van der Waals surface area contributed by atoms with Crippen LogP contribution in [0, 0.1) is 11.8 Å². The van der Waals surface area contributed by atoms with Crippen molar-refractivity contribution in [3.8, 4) is 0 Å². The predicted molar refractivity (Wildman–Crippen MR) is 67.9 cm³/mol. The molecule has 18 heavy (non-hydrogen) atoms. The number of carbonyl (C=O) groups excluding carboxylic acids is 1. The van der Waals surface area contributed by atoms with Gasteiger partial charge in [0.15, 0.2) is 0 Å². The lowest BCUT2D eigenvalue weighted by Crippen LogP contribution is -2.44. The largest absolute Gasteiger partial charge is 0.464 e. The van der Waals surface area contributed by atoms with Crippen LogP contribution < -0.4 is 0 Å². The molecule has 0 radical (unpaired) electrons. The quantitative estimate of drug-likeness (QED) is 0.624. The topological polar surface area (TPSA) is 46.5 Å². The van der Waals surface area contributed by atoms with Crippen LogP contribution in [-0.2, 0) is 9.53 Å². The number of hydrogen-bond donors (Lipinski definition) is 1. The van der Waals surface area contributed by atoms with Crippen LogP contribution in [0.1, 0.15) is 52.9 Å². The third-order valence-corrected chi connectivity index (χ3v) is 4.04. The van der Waals surface area contributed by atoms with E-state index in [2.05, 4.69) is 18.6 Å². The van der Waals surface area contributed by atoms with E-state index in [1.807, 2.05) is 0 Å². The van der Waals surface area contributed by atoms with Crippen molar-refractivity contribution < 1.29 is 19.0 Å². The second kappa shape index (κ2) is 6.50. The SMILES string of the molecule is CCOC(=O)C(F)C1(O)CCCC(C(C)C)CC1. The molecule has 1 rings (SSSR count). The summed E-state index contributed by atoms with van der Waals surface area (Å²) in [5, 5.41) is 10.3. The van der Waals surface area contributed by atoms with E-state index in [0.29, 0.717) is 24.7 Å². The number of halogens is 1. The number of hydrogen-bond acceptors (Lipinski definition) is 3. The number of ether oxygens (including phenoxy) is 1. The molecule has 0 aromatic rings. The molecule has 0 bridgehead atoms. The van der Waals surface area contributed by atoms with Crippen LogP contribution in [-0.4, -0.2) is 29.5 Å². The van der Waals surface area contributed by atoms with Gasteiger partial charge in [-0.25, -0.2) is 9.18 Å². The van der Waals surface area contributed by atoms with Crippen LogP contribution >= 0.6 is 0 Å². The van der Waals surface area contributed by atoms with Gasteiger partial charge >= 0.3 is 5.97 Å². The second-order valence-corrected chi connectivity index (χ2v) is 5.65. The first-order valence-corrected chi connectivity index (χ1v) is 6.93. The first kappa shape index (κ1) is 15.4. The number of alkyl halides is 1. The highest BCUT2D eigenvalue weighted by atomic mass is 19.1. The molecule has 0 heterocycles. The fourth-order valence-corrected chi connectivity index (χ4v) is 2.73. The normalized spacial score (nSPS) is 30.9. The average Bonchev–Trinajstić information content (AvgIpc) is 2.51. The number of aliphatic hydroxyl groups is 1. The molecule has 1 N–H and O–H groups in total. The van der Waals surface area contributed by atoms with Crippen molar-refractivity contribution in [3.63, 3.8) is 0 Å². The van der Waals surface area contributed by atoms with Crippen LogP contribution in [0.5, 0.6) is 0 Å². The van der Waals surface area contributed by atoms with Crippen molar-refractivity contribution in [1.82, 2.24) is 0 Å². The molecular formula is C14H25FO3. The molecule has 0 spiro atoms. The molecule has 1 aliphatic carbocycles. The molecule has 1 fully saturated rings. The Morgan fingerprint density at radius 2 is 2.11 bits per heavy atom. The minimum Gasteiger partial charge on any atom is -0.464 e. The van der Waals surface area contributed by atoms with E-state index in [9.17, 15) is 14.3 Å². The summed E-state index contributed by atoms with van der Waals surface area (Å²) in [4.78, 5) is 11.4. The first-order chi connectivity index (χ1) is 8.40. The van der Waals surface area contributed by atoms with Crippen LogP contribution in [0.4, 0.5) is 4.39 Å². The fraction of sp³-hybridized carbons (Fsp3) is 0.929. The Morgan fingerprint density at radius 3 is 2.67 bits per heavy atom. The summed E-state index contributed by atoms with van der Waals surface area (Å²) < 4.78 is 18.7. The maximum absolute atomic E-state index is 14.0. The van der Waals surface area contributed by atoms with Crippen molar-refractivity contribution in [2.24, 2.45) is 11.8 Å². The van der Waals surface area contributed by atoms with Gasteiger partial charge in [0.25, 0.3) is 0 Å². The molecule has 1 saturated carbocycles. The minimum absolute atomic E-state index is 0.143. The van der Waals surface area contributed by atoms with Gasteiger partial charge in [-0.2, -0.15) is 0 Å². The third-order valence-electron chi connectivity index (χ3n) is 4.04. The highest BCUT2D eigenvalue weighted by Crippen LogP contribution is 2.37. The van der Waals surface area contributed by atoms with Gasteiger partial charge in [0.1, 0.15) is 5.60 Å². The van der Waals surface area contributed by atoms with Crippen LogP contribution in [0.15, 0.2) is 0 Å². The Labute approximate surface area is 109 Å². The monoisotopic (exact) mass is 260 g/mol. The maximum Gasteiger partial charge on any atom is 0.343 e. The summed E-state index contributed by atoms with van der Waals surface area (Å²) in [5.41, 5.74) is -1.53. The van der Waals surface area contributed by atoms with E-state index in [0.717, 1.165) is 19.3 Å². The van der Waals surface area contributed by atoms with E-state index < -0.39 is 17.7 Å². The molecule has 0 amide bonds. The Bertz CT molecular complexity index is 280. The summed E-state index contributed by atoms with van der Waals surface area (Å²) in [6.07, 6.45) is 1.30. The van der Waals surface area contributed by atoms with Gasteiger partial charge in [0.05, 0.1) is 6.61 Å². The molecule has 3 nitrogen and oxygen atoms in total. The smallest absolute Gasteiger partial charge is 0.343 e. The molecule has 106 valence electrons. The van der Waals surface area contributed by atoms with Crippen molar-refractivity contribution in [2.75, 3.05) is 6.61 Å². The predicted octanol–water partition coefficient (Wildman–Crippen LogP) is 2.86. The summed E-state index contributed by atoms with van der Waals surface area (Å²) >= 11 is 0. The minimum atomic E-state index is -1.91.